The van der Waals surface area contributed by atoms with E-state index in [0.717, 1.165) is 17.7 Å². The third-order valence-corrected chi connectivity index (χ3v) is 3.39. The molecule has 0 aliphatic heterocycles. The summed E-state index contributed by atoms with van der Waals surface area (Å²) >= 11 is 0. The number of aryl methyl sites for hydroxylation is 1. The zero-order valence-corrected chi connectivity index (χ0v) is 12.2. The van der Waals surface area contributed by atoms with Gasteiger partial charge in [-0.05, 0) is 30.5 Å². The number of nitrogens with one attached hydrogen (secondary N) is 1. The quantitative estimate of drug-likeness (QED) is 0.822. The lowest BCUT2D eigenvalue weighted by Crippen LogP contribution is -2.28. The highest BCUT2D eigenvalue weighted by atomic mass is 16.3. The number of aliphatic hydroxyl groups is 1. The molecule has 1 aromatic carbocycles. The third-order valence-electron chi connectivity index (χ3n) is 3.39. The molecule has 0 fully saturated rings. The average molecular weight is 287 g/mol. The van der Waals surface area contributed by atoms with Crippen molar-refractivity contribution in [3.8, 4) is 0 Å². The Bertz CT molecular complexity index is 562. The molecule has 1 heterocycles. The van der Waals surface area contributed by atoms with Crippen LogP contribution in [-0.2, 0) is 6.42 Å². The van der Waals surface area contributed by atoms with Crippen LogP contribution in [0.4, 0.5) is 0 Å². The first kappa shape index (κ1) is 15.3. The fourth-order valence-electron chi connectivity index (χ4n) is 2.22. The second-order valence-corrected chi connectivity index (χ2v) is 4.92. The Morgan fingerprint density at radius 3 is 2.62 bits per heavy atom. The van der Waals surface area contributed by atoms with Gasteiger partial charge < -0.3 is 14.8 Å². The molecule has 0 aliphatic carbocycles. The van der Waals surface area contributed by atoms with Crippen molar-refractivity contribution in [3.05, 3.63) is 59.5 Å². The van der Waals surface area contributed by atoms with Crippen LogP contribution < -0.4 is 5.32 Å². The topological polar surface area (TPSA) is 62.5 Å². The highest BCUT2D eigenvalue weighted by molar-refractivity contribution is 5.91. The maximum Gasteiger partial charge on any atom is 0.287 e. The lowest BCUT2D eigenvalue weighted by molar-refractivity contribution is 0.0902. The molecule has 4 heteroatoms. The summed E-state index contributed by atoms with van der Waals surface area (Å²) in [5.74, 6) is 0.907. The van der Waals surface area contributed by atoms with Crippen molar-refractivity contribution in [1.82, 2.24) is 5.32 Å². The molecule has 2 aromatic rings. The molecule has 21 heavy (non-hydrogen) atoms. The van der Waals surface area contributed by atoms with E-state index < -0.39 is 0 Å². The molecule has 2 rings (SSSR count). The van der Waals surface area contributed by atoms with Gasteiger partial charge in [0.2, 0.25) is 0 Å². The molecule has 0 saturated heterocycles. The summed E-state index contributed by atoms with van der Waals surface area (Å²) < 4.78 is 5.47. The molecule has 1 amide bonds. The average Bonchev–Trinajstić information content (AvgIpc) is 3.01. The normalized spacial score (nSPS) is 12.1. The second kappa shape index (κ2) is 7.64. The summed E-state index contributed by atoms with van der Waals surface area (Å²) in [6.45, 7) is 2.09. The van der Waals surface area contributed by atoms with Gasteiger partial charge in [-0.1, -0.05) is 37.3 Å². The van der Waals surface area contributed by atoms with E-state index in [9.17, 15) is 4.79 Å². The molecule has 0 aliphatic rings. The second-order valence-electron chi connectivity index (χ2n) is 4.92. The van der Waals surface area contributed by atoms with Gasteiger partial charge in [0.15, 0.2) is 5.76 Å². The molecule has 1 unspecified atom stereocenters. The number of furan rings is 1. The number of amides is 1. The van der Waals surface area contributed by atoms with E-state index in [1.807, 2.05) is 43.3 Å². The molecule has 2 N–H and O–H groups in total. The lowest BCUT2D eigenvalue weighted by atomic mass is 10.0. The number of rotatable bonds is 7. The molecule has 112 valence electrons. The maximum absolute atomic E-state index is 12.3. The van der Waals surface area contributed by atoms with Crippen LogP contribution in [0.3, 0.4) is 0 Å². The number of hydrogen-bond acceptors (Lipinski definition) is 3. The lowest BCUT2D eigenvalue weighted by Gasteiger charge is -2.18. The summed E-state index contributed by atoms with van der Waals surface area (Å²) in [6.07, 6.45) is 2.09. The first-order valence-electron chi connectivity index (χ1n) is 7.30. The van der Waals surface area contributed by atoms with E-state index in [1.54, 1.807) is 6.07 Å². The third kappa shape index (κ3) is 4.20. The standard InChI is InChI=1S/C17H21NO3/c1-2-14-10-11-16(21-14)17(20)18-15(9-6-12-19)13-7-4-3-5-8-13/h3-5,7-8,10-11,15,19H,2,6,9,12H2,1H3,(H,18,20). The van der Waals surface area contributed by atoms with Crippen LogP contribution in [0, 0.1) is 0 Å². The van der Waals surface area contributed by atoms with Gasteiger partial charge in [0, 0.05) is 13.0 Å². The Labute approximate surface area is 124 Å². The van der Waals surface area contributed by atoms with Gasteiger partial charge in [-0.25, -0.2) is 0 Å². The van der Waals surface area contributed by atoms with E-state index in [0.29, 0.717) is 18.6 Å². The van der Waals surface area contributed by atoms with Crippen LogP contribution in [0.15, 0.2) is 46.9 Å². The van der Waals surface area contributed by atoms with Crippen molar-refractivity contribution in [2.45, 2.75) is 32.2 Å². The Morgan fingerprint density at radius 2 is 2.00 bits per heavy atom. The van der Waals surface area contributed by atoms with Crippen LogP contribution in [0.25, 0.3) is 0 Å². The zero-order valence-electron chi connectivity index (χ0n) is 12.2. The van der Waals surface area contributed by atoms with Gasteiger partial charge in [-0.2, -0.15) is 0 Å². The predicted molar refractivity (Wildman–Crippen MR) is 81.1 cm³/mol. The minimum Gasteiger partial charge on any atom is -0.456 e. The Hall–Kier alpha value is -2.07. The van der Waals surface area contributed by atoms with E-state index in [2.05, 4.69) is 5.32 Å². The van der Waals surface area contributed by atoms with Gasteiger partial charge in [0.1, 0.15) is 5.76 Å². The van der Waals surface area contributed by atoms with Crippen LogP contribution in [0.5, 0.6) is 0 Å². The van der Waals surface area contributed by atoms with Crippen LogP contribution in [-0.4, -0.2) is 17.6 Å². The first-order valence-corrected chi connectivity index (χ1v) is 7.30. The molecular weight excluding hydrogens is 266 g/mol. The molecule has 1 aromatic heterocycles. The SMILES string of the molecule is CCc1ccc(C(=O)NC(CCCO)c2ccccc2)o1. The van der Waals surface area contributed by atoms with E-state index in [-0.39, 0.29) is 18.6 Å². The van der Waals surface area contributed by atoms with Gasteiger partial charge >= 0.3 is 0 Å². The van der Waals surface area contributed by atoms with Crippen LogP contribution >= 0.6 is 0 Å². The number of aliphatic hydroxyl groups excluding tert-OH is 1. The van der Waals surface area contributed by atoms with Crippen molar-refractivity contribution in [2.75, 3.05) is 6.61 Å². The fourth-order valence-corrected chi connectivity index (χ4v) is 2.22. The minimum absolute atomic E-state index is 0.111. The highest BCUT2D eigenvalue weighted by Crippen LogP contribution is 2.19. The summed E-state index contributed by atoms with van der Waals surface area (Å²) in [7, 11) is 0. The summed E-state index contributed by atoms with van der Waals surface area (Å²) in [6, 6.07) is 13.2. The molecule has 0 spiro atoms. The molecule has 0 saturated carbocycles. The van der Waals surface area contributed by atoms with Gasteiger partial charge in [0.25, 0.3) is 5.91 Å². The van der Waals surface area contributed by atoms with E-state index in [4.69, 9.17) is 9.52 Å². The van der Waals surface area contributed by atoms with Crippen molar-refractivity contribution >= 4 is 5.91 Å². The van der Waals surface area contributed by atoms with Crippen LogP contribution in [0.1, 0.15) is 47.7 Å². The summed E-state index contributed by atoms with van der Waals surface area (Å²) in [5.41, 5.74) is 1.03. The zero-order chi connectivity index (χ0) is 15.1. The molecule has 1 atom stereocenters. The fraction of sp³-hybridized carbons (Fsp3) is 0.353. The van der Waals surface area contributed by atoms with Crippen LogP contribution in [0.2, 0.25) is 0 Å². The molecule has 0 bridgehead atoms. The molecular formula is C17H21NO3. The first-order chi connectivity index (χ1) is 10.2. The molecule has 0 radical (unpaired) electrons. The number of hydrogen-bond donors (Lipinski definition) is 2. The summed E-state index contributed by atoms with van der Waals surface area (Å²) in [4.78, 5) is 12.3. The smallest absolute Gasteiger partial charge is 0.287 e. The molecule has 4 nitrogen and oxygen atoms in total. The number of carbonyl (C=O) groups is 1. The van der Waals surface area contributed by atoms with Crippen molar-refractivity contribution in [1.29, 1.82) is 0 Å². The van der Waals surface area contributed by atoms with E-state index >= 15 is 0 Å². The Balaban J connectivity index is 2.09. The Kier molecular flexibility index (Phi) is 5.58. The maximum atomic E-state index is 12.3. The summed E-state index contributed by atoms with van der Waals surface area (Å²) in [5, 5.41) is 12.0. The van der Waals surface area contributed by atoms with Crippen molar-refractivity contribution in [2.24, 2.45) is 0 Å². The highest BCUT2D eigenvalue weighted by Gasteiger charge is 2.17. The predicted octanol–water partition coefficient (Wildman–Crippen LogP) is 3.09. The number of benzene rings is 1. The van der Waals surface area contributed by atoms with E-state index in [1.165, 1.54) is 0 Å². The largest absolute Gasteiger partial charge is 0.456 e. The minimum atomic E-state index is -0.221. The van der Waals surface area contributed by atoms with Gasteiger partial charge in [-0.15, -0.1) is 0 Å². The number of carbonyl (C=O) groups excluding carboxylic acids is 1. The van der Waals surface area contributed by atoms with Crippen molar-refractivity contribution < 1.29 is 14.3 Å². The van der Waals surface area contributed by atoms with Gasteiger partial charge in [0.05, 0.1) is 6.04 Å². The van der Waals surface area contributed by atoms with Crippen molar-refractivity contribution in [3.63, 3.8) is 0 Å². The van der Waals surface area contributed by atoms with Gasteiger partial charge in [-0.3, -0.25) is 4.79 Å². The monoisotopic (exact) mass is 287 g/mol. The Morgan fingerprint density at radius 1 is 1.24 bits per heavy atom.